The average Bonchev–Trinajstić information content (AvgIpc) is 2.69. The van der Waals surface area contributed by atoms with Crippen molar-refractivity contribution in [1.82, 2.24) is 19.5 Å². The third-order valence-corrected chi connectivity index (χ3v) is 3.05. The quantitative estimate of drug-likeness (QED) is 0.739. The van der Waals surface area contributed by atoms with Gasteiger partial charge in [0.25, 0.3) is 5.91 Å². The first-order valence-corrected chi connectivity index (χ1v) is 6.01. The number of fused-ring (bicyclic) bond motifs is 1. The molecule has 0 N–H and O–H groups in total. The van der Waals surface area contributed by atoms with Crippen LogP contribution in [0.15, 0.2) is 24.7 Å². The van der Waals surface area contributed by atoms with Gasteiger partial charge >= 0.3 is 0 Å². The molecule has 94 valence electrons. The Bertz CT molecular complexity index is 558. The molecule has 0 unspecified atom stereocenters. The highest BCUT2D eigenvalue weighted by Gasteiger charge is 2.17. The summed E-state index contributed by atoms with van der Waals surface area (Å²) in [5, 5.41) is 7.71. The van der Waals surface area contributed by atoms with Gasteiger partial charge in [0.05, 0.1) is 12.2 Å². The Morgan fingerprint density at radius 3 is 3.17 bits per heavy atom. The van der Waals surface area contributed by atoms with Crippen LogP contribution in [-0.4, -0.2) is 51.7 Å². The third-order valence-electron chi connectivity index (χ3n) is 3.05. The first kappa shape index (κ1) is 11.2. The van der Waals surface area contributed by atoms with Gasteiger partial charge in [0.15, 0.2) is 5.65 Å². The summed E-state index contributed by atoms with van der Waals surface area (Å²) in [4.78, 5) is 14.2. The first-order valence-electron chi connectivity index (χ1n) is 6.01. The lowest BCUT2D eigenvalue weighted by atomic mass is 10.2. The Kier molecular flexibility index (Phi) is 2.93. The molecule has 3 rings (SSSR count). The van der Waals surface area contributed by atoms with Gasteiger partial charge in [0.1, 0.15) is 6.33 Å². The maximum Gasteiger partial charge on any atom is 0.255 e. The van der Waals surface area contributed by atoms with Gasteiger partial charge in [-0.2, -0.15) is 0 Å². The Labute approximate surface area is 104 Å². The van der Waals surface area contributed by atoms with Gasteiger partial charge in [-0.1, -0.05) is 0 Å². The highest BCUT2D eigenvalue weighted by molar-refractivity contribution is 5.94. The second kappa shape index (κ2) is 4.73. The molecule has 3 heterocycles. The van der Waals surface area contributed by atoms with Crippen LogP contribution in [0.5, 0.6) is 0 Å². The lowest BCUT2D eigenvalue weighted by Crippen LogP contribution is -2.33. The monoisotopic (exact) mass is 246 g/mol. The molecule has 0 bridgehead atoms. The van der Waals surface area contributed by atoms with E-state index in [1.165, 1.54) is 0 Å². The summed E-state index contributed by atoms with van der Waals surface area (Å²) >= 11 is 0. The van der Waals surface area contributed by atoms with E-state index in [4.69, 9.17) is 4.74 Å². The number of rotatable bonds is 1. The van der Waals surface area contributed by atoms with Crippen LogP contribution >= 0.6 is 0 Å². The maximum atomic E-state index is 12.3. The van der Waals surface area contributed by atoms with Gasteiger partial charge in [-0.3, -0.25) is 9.20 Å². The Morgan fingerprint density at radius 2 is 2.22 bits per heavy atom. The van der Waals surface area contributed by atoms with Gasteiger partial charge in [-0.05, 0) is 18.6 Å². The number of hydrogen-bond acceptors (Lipinski definition) is 4. The maximum absolute atomic E-state index is 12.3. The lowest BCUT2D eigenvalue weighted by Gasteiger charge is -2.19. The number of carbonyl (C=O) groups is 1. The van der Waals surface area contributed by atoms with E-state index in [1.54, 1.807) is 29.1 Å². The minimum absolute atomic E-state index is 0.0381. The van der Waals surface area contributed by atoms with Crippen molar-refractivity contribution in [2.75, 3.05) is 26.3 Å². The molecule has 0 radical (unpaired) electrons. The van der Waals surface area contributed by atoms with Crippen molar-refractivity contribution < 1.29 is 9.53 Å². The van der Waals surface area contributed by atoms with Crippen LogP contribution in [0.25, 0.3) is 5.65 Å². The number of ether oxygens (including phenoxy) is 1. The normalized spacial score (nSPS) is 16.8. The van der Waals surface area contributed by atoms with E-state index in [0.717, 1.165) is 25.2 Å². The largest absolute Gasteiger partial charge is 0.380 e. The van der Waals surface area contributed by atoms with Gasteiger partial charge in [-0.25, -0.2) is 0 Å². The predicted molar refractivity (Wildman–Crippen MR) is 64.3 cm³/mol. The Balaban J connectivity index is 1.85. The number of hydrogen-bond donors (Lipinski definition) is 0. The van der Waals surface area contributed by atoms with Gasteiger partial charge in [0.2, 0.25) is 0 Å². The van der Waals surface area contributed by atoms with Crippen LogP contribution in [0, 0.1) is 0 Å². The average molecular weight is 246 g/mol. The van der Waals surface area contributed by atoms with E-state index < -0.39 is 0 Å². The first-order chi connectivity index (χ1) is 8.84. The SMILES string of the molecule is O=C(c1ccc2nncn2c1)N1CCCOCC1. The van der Waals surface area contributed by atoms with E-state index in [0.29, 0.717) is 18.7 Å². The zero-order valence-corrected chi connectivity index (χ0v) is 9.95. The molecule has 0 spiro atoms. The number of aromatic nitrogens is 3. The van der Waals surface area contributed by atoms with Crippen LogP contribution in [-0.2, 0) is 4.74 Å². The van der Waals surface area contributed by atoms with Crippen molar-refractivity contribution in [2.24, 2.45) is 0 Å². The molecule has 1 fully saturated rings. The fourth-order valence-corrected chi connectivity index (χ4v) is 2.09. The molecule has 0 aliphatic carbocycles. The molecular formula is C12H14N4O2. The van der Waals surface area contributed by atoms with Crippen molar-refractivity contribution in [1.29, 1.82) is 0 Å². The molecule has 1 aliphatic heterocycles. The van der Waals surface area contributed by atoms with E-state index in [2.05, 4.69) is 10.2 Å². The summed E-state index contributed by atoms with van der Waals surface area (Å²) in [6, 6.07) is 3.59. The van der Waals surface area contributed by atoms with Crippen molar-refractivity contribution >= 4 is 11.6 Å². The van der Waals surface area contributed by atoms with E-state index in [1.807, 2.05) is 4.90 Å². The van der Waals surface area contributed by atoms with Crippen molar-refractivity contribution in [3.63, 3.8) is 0 Å². The fraction of sp³-hybridized carbons (Fsp3) is 0.417. The molecule has 0 saturated carbocycles. The van der Waals surface area contributed by atoms with Crippen LogP contribution in [0.1, 0.15) is 16.8 Å². The Morgan fingerprint density at radius 1 is 1.28 bits per heavy atom. The summed E-state index contributed by atoms with van der Waals surface area (Å²) in [6.45, 7) is 2.74. The summed E-state index contributed by atoms with van der Waals surface area (Å²) in [6.07, 6.45) is 4.25. The Hall–Kier alpha value is -1.95. The molecule has 2 aromatic heterocycles. The number of pyridine rings is 1. The minimum Gasteiger partial charge on any atom is -0.380 e. The molecule has 1 amide bonds. The molecule has 1 saturated heterocycles. The summed E-state index contributed by atoms with van der Waals surface area (Å²) < 4.78 is 7.10. The second-order valence-corrected chi connectivity index (χ2v) is 4.27. The zero-order valence-electron chi connectivity index (χ0n) is 9.95. The van der Waals surface area contributed by atoms with Crippen molar-refractivity contribution in [3.8, 4) is 0 Å². The van der Waals surface area contributed by atoms with Crippen LogP contribution in [0.3, 0.4) is 0 Å². The summed E-state index contributed by atoms with van der Waals surface area (Å²) in [5.74, 6) is 0.0381. The third kappa shape index (κ3) is 2.06. The summed E-state index contributed by atoms with van der Waals surface area (Å²) in [7, 11) is 0. The lowest BCUT2D eigenvalue weighted by molar-refractivity contribution is 0.0741. The number of amides is 1. The smallest absolute Gasteiger partial charge is 0.255 e. The van der Waals surface area contributed by atoms with Crippen molar-refractivity contribution in [2.45, 2.75) is 6.42 Å². The molecular weight excluding hydrogens is 232 g/mol. The van der Waals surface area contributed by atoms with Crippen LogP contribution in [0.4, 0.5) is 0 Å². The predicted octanol–water partition coefficient (Wildman–Crippen LogP) is 0.592. The number of carbonyl (C=O) groups excluding carboxylic acids is 1. The van der Waals surface area contributed by atoms with Gasteiger partial charge in [0, 0.05) is 25.9 Å². The minimum atomic E-state index is 0.0381. The van der Waals surface area contributed by atoms with Gasteiger partial charge in [-0.15, -0.1) is 10.2 Å². The number of nitrogens with zero attached hydrogens (tertiary/aromatic N) is 4. The molecule has 0 atom stereocenters. The van der Waals surface area contributed by atoms with Crippen LogP contribution < -0.4 is 0 Å². The highest BCUT2D eigenvalue weighted by Crippen LogP contribution is 2.09. The van der Waals surface area contributed by atoms with Crippen LogP contribution in [0.2, 0.25) is 0 Å². The topological polar surface area (TPSA) is 59.7 Å². The molecule has 18 heavy (non-hydrogen) atoms. The van der Waals surface area contributed by atoms with Crippen molar-refractivity contribution in [3.05, 3.63) is 30.2 Å². The zero-order chi connectivity index (χ0) is 12.4. The van der Waals surface area contributed by atoms with Gasteiger partial charge < -0.3 is 9.64 Å². The summed E-state index contributed by atoms with van der Waals surface area (Å²) in [5.41, 5.74) is 1.40. The fourth-order valence-electron chi connectivity index (χ4n) is 2.09. The molecule has 2 aromatic rings. The van der Waals surface area contributed by atoms with E-state index in [-0.39, 0.29) is 5.91 Å². The molecule has 1 aliphatic rings. The second-order valence-electron chi connectivity index (χ2n) is 4.27. The van der Waals surface area contributed by atoms with E-state index >= 15 is 0 Å². The molecule has 0 aromatic carbocycles. The van der Waals surface area contributed by atoms with E-state index in [9.17, 15) is 4.79 Å². The standard InChI is InChI=1S/C12H14N4O2/c17-12(15-4-1-6-18-7-5-15)10-2-3-11-14-13-9-16(11)8-10/h2-3,8-9H,1,4-7H2. The highest BCUT2D eigenvalue weighted by atomic mass is 16.5. The molecule has 6 nitrogen and oxygen atoms in total. The molecule has 6 heteroatoms.